The van der Waals surface area contributed by atoms with Crippen LogP contribution in [0, 0.1) is 0 Å². The number of ether oxygens (including phenoxy) is 1. The minimum Gasteiger partial charge on any atom is -0.406 e. The van der Waals surface area contributed by atoms with Gasteiger partial charge >= 0.3 is 6.36 Å². The van der Waals surface area contributed by atoms with Gasteiger partial charge in [0, 0.05) is 18.8 Å². The molecule has 0 atom stereocenters. The number of benzene rings is 2. The Kier molecular flexibility index (Phi) is 5.41. The molecule has 1 fully saturated rings. The summed E-state index contributed by atoms with van der Waals surface area (Å²) in [4.78, 5) is 2.38. The van der Waals surface area contributed by atoms with Gasteiger partial charge in [0.15, 0.2) is 0 Å². The molecule has 2 nitrogen and oxygen atoms in total. The number of rotatable bonds is 3. The third kappa shape index (κ3) is 5.18. The van der Waals surface area contributed by atoms with E-state index in [1.807, 2.05) is 0 Å². The molecule has 1 saturated heterocycles. The molecule has 2 aromatic carbocycles. The maximum Gasteiger partial charge on any atom is 0.573 e. The van der Waals surface area contributed by atoms with Crippen molar-refractivity contribution in [1.82, 2.24) is 0 Å². The van der Waals surface area contributed by atoms with E-state index in [2.05, 4.69) is 54.7 Å². The van der Waals surface area contributed by atoms with Crippen LogP contribution in [0.25, 0.3) is 0 Å². The molecular formula is C22H26F3NO. The molecule has 146 valence electrons. The smallest absolute Gasteiger partial charge is 0.406 e. The van der Waals surface area contributed by atoms with E-state index < -0.39 is 6.36 Å². The zero-order valence-corrected chi connectivity index (χ0v) is 16.0. The van der Waals surface area contributed by atoms with E-state index in [-0.39, 0.29) is 11.2 Å². The Balaban J connectivity index is 1.58. The van der Waals surface area contributed by atoms with Gasteiger partial charge in [0.1, 0.15) is 5.75 Å². The first-order valence-electron chi connectivity index (χ1n) is 9.33. The highest BCUT2D eigenvalue weighted by Gasteiger charge is 2.31. The van der Waals surface area contributed by atoms with Crippen molar-refractivity contribution >= 4 is 5.69 Å². The molecule has 0 spiro atoms. The van der Waals surface area contributed by atoms with Crippen LogP contribution in [0.5, 0.6) is 5.75 Å². The summed E-state index contributed by atoms with van der Waals surface area (Å²) in [5, 5.41) is 0. The fourth-order valence-electron chi connectivity index (χ4n) is 3.58. The molecule has 0 bridgehead atoms. The predicted octanol–water partition coefficient (Wildman–Crippen LogP) is 6.27. The van der Waals surface area contributed by atoms with Crippen molar-refractivity contribution in [3.05, 3.63) is 59.7 Å². The third-order valence-electron chi connectivity index (χ3n) is 5.18. The van der Waals surface area contributed by atoms with Crippen LogP contribution in [0.3, 0.4) is 0 Å². The Morgan fingerprint density at radius 2 is 1.41 bits per heavy atom. The lowest BCUT2D eigenvalue weighted by Crippen LogP contribution is -2.32. The van der Waals surface area contributed by atoms with Gasteiger partial charge in [-0.3, -0.25) is 0 Å². The van der Waals surface area contributed by atoms with Crippen LogP contribution in [0.1, 0.15) is 50.7 Å². The molecule has 0 unspecified atom stereocenters. The lowest BCUT2D eigenvalue weighted by atomic mass is 9.86. The van der Waals surface area contributed by atoms with Gasteiger partial charge in [-0.05, 0) is 59.6 Å². The molecule has 5 heteroatoms. The van der Waals surface area contributed by atoms with Crippen molar-refractivity contribution < 1.29 is 17.9 Å². The Bertz CT molecular complexity index is 737. The number of alkyl halides is 3. The van der Waals surface area contributed by atoms with E-state index in [1.165, 1.54) is 23.4 Å². The van der Waals surface area contributed by atoms with Crippen molar-refractivity contribution in [2.45, 2.75) is 51.3 Å². The molecule has 1 heterocycles. The second-order valence-corrected chi connectivity index (χ2v) is 8.18. The van der Waals surface area contributed by atoms with Crippen molar-refractivity contribution in [1.29, 1.82) is 0 Å². The average molecular weight is 377 g/mol. The van der Waals surface area contributed by atoms with E-state index in [1.54, 1.807) is 12.1 Å². The molecule has 3 rings (SSSR count). The van der Waals surface area contributed by atoms with Gasteiger partial charge in [-0.15, -0.1) is 13.2 Å². The van der Waals surface area contributed by atoms with Crippen LogP contribution in [-0.2, 0) is 5.41 Å². The van der Waals surface area contributed by atoms with Gasteiger partial charge in [0.25, 0.3) is 0 Å². The normalized spacial score (nSPS) is 16.4. The number of anilines is 1. The standard InChI is InChI=1S/C22H26F3NO/c1-21(2,3)18-6-8-19(9-7-18)26-14-12-17(13-15-26)16-4-10-20(11-5-16)27-22(23,24)25/h4-11,17H,12-15H2,1-3H3. The second kappa shape index (κ2) is 7.45. The number of nitrogens with zero attached hydrogens (tertiary/aromatic N) is 1. The second-order valence-electron chi connectivity index (χ2n) is 8.18. The predicted molar refractivity (Wildman–Crippen MR) is 102 cm³/mol. The SMILES string of the molecule is CC(C)(C)c1ccc(N2CCC(c3ccc(OC(F)(F)F)cc3)CC2)cc1. The minimum atomic E-state index is -4.64. The van der Waals surface area contributed by atoms with Crippen molar-refractivity contribution in [2.24, 2.45) is 0 Å². The van der Waals surface area contributed by atoms with E-state index in [0.29, 0.717) is 5.92 Å². The highest BCUT2D eigenvalue weighted by atomic mass is 19.4. The van der Waals surface area contributed by atoms with Crippen molar-refractivity contribution in [2.75, 3.05) is 18.0 Å². The molecule has 0 aromatic heterocycles. The fraction of sp³-hybridized carbons (Fsp3) is 0.455. The molecule has 2 aromatic rings. The molecule has 1 aliphatic heterocycles. The third-order valence-corrected chi connectivity index (χ3v) is 5.18. The van der Waals surface area contributed by atoms with Crippen LogP contribution in [0.15, 0.2) is 48.5 Å². The Hall–Kier alpha value is -2.17. The summed E-state index contributed by atoms with van der Waals surface area (Å²) in [6.45, 7) is 8.51. The maximum absolute atomic E-state index is 12.3. The zero-order chi connectivity index (χ0) is 19.7. The zero-order valence-electron chi connectivity index (χ0n) is 16.0. The largest absolute Gasteiger partial charge is 0.573 e. The van der Waals surface area contributed by atoms with E-state index >= 15 is 0 Å². The van der Waals surface area contributed by atoms with Gasteiger partial charge in [0.2, 0.25) is 0 Å². The van der Waals surface area contributed by atoms with Crippen LogP contribution >= 0.6 is 0 Å². The summed E-state index contributed by atoms with van der Waals surface area (Å²) in [7, 11) is 0. The summed E-state index contributed by atoms with van der Waals surface area (Å²) in [5.41, 5.74) is 3.78. The van der Waals surface area contributed by atoms with Gasteiger partial charge in [-0.1, -0.05) is 45.0 Å². The van der Waals surface area contributed by atoms with Crippen LogP contribution < -0.4 is 9.64 Å². The monoisotopic (exact) mass is 377 g/mol. The lowest BCUT2D eigenvalue weighted by Gasteiger charge is -2.34. The van der Waals surface area contributed by atoms with E-state index in [4.69, 9.17) is 0 Å². The number of piperidine rings is 1. The number of halogens is 3. The van der Waals surface area contributed by atoms with Crippen LogP contribution in [0.2, 0.25) is 0 Å². The number of hydrogen-bond acceptors (Lipinski definition) is 2. The molecule has 1 aliphatic rings. The molecule has 0 aliphatic carbocycles. The highest BCUT2D eigenvalue weighted by molar-refractivity contribution is 5.49. The first kappa shape index (κ1) is 19.6. The summed E-state index contributed by atoms with van der Waals surface area (Å²) < 4.78 is 40.7. The Morgan fingerprint density at radius 1 is 0.852 bits per heavy atom. The first-order valence-corrected chi connectivity index (χ1v) is 9.33. The molecule has 0 N–H and O–H groups in total. The van der Waals surface area contributed by atoms with E-state index in [9.17, 15) is 13.2 Å². The molecule has 0 amide bonds. The Labute approximate surface area is 159 Å². The topological polar surface area (TPSA) is 12.5 Å². The van der Waals surface area contributed by atoms with E-state index in [0.717, 1.165) is 31.5 Å². The quantitative estimate of drug-likeness (QED) is 0.625. The average Bonchev–Trinajstić information content (AvgIpc) is 2.61. The van der Waals surface area contributed by atoms with Crippen molar-refractivity contribution in [3.63, 3.8) is 0 Å². The van der Waals surface area contributed by atoms with Gasteiger partial charge in [-0.25, -0.2) is 0 Å². The summed E-state index contributed by atoms with van der Waals surface area (Å²) in [6.07, 6.45) is -2.67. The molecule has 27 heavy (non-hydrogen) atoms. The Morgan fingerprint density at radius 3 is 1.89 bits per heavy atom. The van der Waals surface area contributed by atoms with Gasteiger partial charge in [-0.2, -0.15) is 0 Å². The van der Waals surface area contributed by atoms with Crippen molar-refractivity contribution in [3.8, 4) is 5.75 Å². The highest BCUT2D eigenvalue weighted by Crippen LogP contribution is 2.33. The molecule has 0 radical (unpaired) electrons. The first-order chi connectivity index (χ1) is 12.6. The fourth-order valence-corrected chi connectivity index (χ4v) is 3.58. The molecular weight excluding hydrogens is 351 g/mol. The lowest BCUT2D eigenvalue weighted by molar-refractivity contribution is -0.274. The maximum atomic E-state index is 12.3. The van der Waals surface area contributed by atoms with Gasteiger partial charge in [0.05, 0.1) is 0 Å². The van der Waals surface area contributed by atoms with Crippen LogP contribution in [-0.4, -0.2) is 19.5 Å². The summed E-state index contributed by atoms with van der Waals surface area (Å²) >= 11 is 0. The number of hydrogen-bond donors (Lipinski definition) is 0. The summed E-state index contributed by atoms with van der Waals surface area (Å²) in [5.74, 6) is 0.206. The van der Waals surface area contributed by atoms with Crippen LogP contribution in [0.4, 0.5) is 18.9 Å². The molecule has 0 saturated carbocycles. The minimum absolute atomic E-state index is 0.146. The summed E-state index contributed by atoms with van der Waals surface area (Å²) in [6, 6.07) is 15.1. The van der Waals surface area contributed by atoms with Gasteiger partial charge < -0.3 is 9.64 Å².